The Morgan fingerprint density at radius 2 is 1.59 bits per heavy atom. The van der Waals surface area contributed by atoms with E-state index in [0.717, 1.165) is 5.56 Å². The Labute approximate surface area is 276 Å². The summed E-state index contributed by atoms with van der Waals surface area (Å²) in [6, 6.07) is 12.4. The second kappa shape index (κ2) is 15.8. The Morgan fingerprint density at radius 1 is 0.891 bits per heavy atom. The van der Waals surface area contributed by atoms with Crippen molar-refractivity contribution in [3.8, 4) is 0 Å². The summed E-state index contributed by atoms with van der Waals surface area (Å²) < 4.78 is 0. The zero-order valence-electron chi connectivity index (χ0n) is 26.0. The Balaban J connectivity index is 1.41. The smallest absolute Gasteiger partial charge is 0.271 e. The molecule has 0 fully saturated rings. The second-order valence-electron chi connectivity index (χ2n) is 11.7. The first kappa shape index (κ1) is 33.0. The van der Waals surface area contributed by atoms with Crippen LogP contribution in [-0.4, -0.2) is 63.1 Å². The maximum Gasteiger partial charge on any atom is 0.271 e. The molecule has 0 aliphatic carbocycles. The molecule has 0 saturated heterocycles. The third-order valence-electron chi connectivity index (χ3n) is 7.57. The first-order valence-corrected chi connectivity index (χ1v) is 17.3. The number of nitrogens with zero attached hydrogens (tertiary/aromatic N) is 3. The van der Waals surface area contributed by atoms with Gasteiger partial charge in [-0.15, -0.1) is 22.7 Å². The number of thiazole rings is 2. The molecule has 0 unspecified atom stereocenters. The molecule has 13 heteroatoms. The minimum absolute atomic E-state index is 0.139. The maximum atomic E-state index is 13.5. The zero-order chi connectivity index (χ0) is 32.5. The first-order chi connectivity index (χ1) is 22.3. The molecule has 11 nitrogen and oxygen atoms in total. The van der Waals surface area contributed by atoms with Crippen LogP contribution < -0.4 is 16.0 Å². The van der Waals surface area contributed by atoms with Crippen LogP contribution in [0, 0.1) is 5.92 Å². The predicted molar refractivity (Wildman–Crippen MR) is 178 cm³/mol. The molecule has 1 aliphatic heterocycles. The molecule has 1 aromatic carbocycles. The number of hydrogen-bond donors (Lipinski definition) is 4. The second-order valence-corrected chi connectivity index (χ2v) is 13.5. The Bertz CT molecular complexity index is 1620. The highest BCUT2D eigenvalue weighted by molar-refractivity contribution is 7.10. The van der Waals surface area contributed by atoms with E-state index in [0.29, 0.717) is 61.0 Å². The molecule has 0 saturated carbocycles. The molecule has 4 heterocycles. The van der Waals surface area contributed by atoms with Gasteiger partial charge in [0, 0.05) is 43.0 Å². The van der Waals surface area contributed by atoms with Crippen molar-refractivity contribution in [1.29, 1.82) is 0 Å². The monoisotopic (exact) mass is 661 g/mol. The number of carbonyl (C=O) groups excluding carboxylic acids is 4. The number of benzene rings is 1. The minimum atomic E-state index is -0.487. The zero-order valence-corrected chi connectivity index (χ0v) is 27.6. The summed E-state index contributed by atoms with van der Waals surface area (Å²) in [5.74, 6) is -0.691. The molecule has 4 bridgehead atoms. The van der Waals surface area contributed by atoms with Crippen molar-refractivity contribution in [1.82, 2.24) is 35.8 Å². The van der Waals surface area contributed by atoms with Crippen LogP contribution in [0.25, 0.3) is 0 Å². The van der Waals surface area contributed by atoms with Gasteiger partial charge in [0.15, 0.2) is 0 Å². The molecule has 5 rings (SSSR count). The van der Waals surface area contributed by atoms with Gasteiger partial charge in [-0.1, -0.05) is 44.2 Å². The van der Waals surface area contributed by atoms with Crippen molar-refractivity contribution in [2.75, 3.05) is 19.6 Å². The van der Waals surface area contributed by atoms with E-state index >= 15 is 0 Å². The van der Waals surface area contributed by atoms with E-state index in [1.165, 1.54) is 22.7 Å². The van der Waals surface area contributed by atoms with E-state index in [9.17, 15) is 19.2 Å². The van der Waals surface area contributed by atoms with Gasteiger partial charge in [0.2, 0.25) is 5.91 Å². The van der Waals surface area contributed by atoms with Gasteiger partial charge in [0.1, 0.15) is 27.1 Å². The maximum absolute atomic E-state index is 13.5. The number of H-pyrrole nitrogens is 1. The van der Waals surface area contributed by atoms with E-state index in [1.54, 1.807) is 34.0 Å². The van der Waals surface area contributed by atoms with E-state index < -0.39 is 6.04 Å². The highest BCUT2D eigenvalue weighted by Gasteiger charge is 2.26. The summed E-state index contributed by atoms with van der Waals surface area (Å²) in [5, 5.41) is 13.8. The van der Waals surface area contributed by atoms with Crippen LogP contribution in [0.3, 0.4) is 0 Å². The number of amides is 4. The van der Waals surface area contributed by atoms with Gasteiger partial charge in [0.25, 0.3) is 17.7 Å². The Hall–Kier alpha value is -4.36. The van der Waals surface area contributed by atoms with Crippen molar-refractivity contribution in [3.05, 3.63) is 92.1 Å². The van der Waals surface area contributed by atoms with Gasteiger partial charge >= 0.3 is 0 Å². The fraction of sp³-hybridized carbons (Fsp3) is 0.394. The highest BCUT2D eigenvalue weighted by atomic mass is 32.1. The number of fused-ring (bicyclic) bond motifs is 4. The number of aromatic nitrogens is 3. The average molecular weight is 662 g/mol. The lowest BCUT2D eigenvalue weighted by Gasteiger charge is -2.23. The van der Waals surface area contributed by atoms with Crippen LogP contribution in [0.4, 0.5) is 0 Å². The van der Waals surface area contributed by atoms with Crippen LogP contribution in [-0.2, 0) is 11.2 Å². The number of aromatic amines is 1. The highest BCUT2D eigenvalue weighted by Crippen LogP contribution is 2.27. The standard InChI is InChI=1S/C33H39N7O4S2/c1-21(2)17-24-31-39-27(20-46-31)30(43)37-25(18-22-9-4-3-5-10-22)32-38-26(19-45-32)29(42)35-14-8-16-40(15-7-12-28(41)36-24)33(44)23-11-6-13-34-23/h3-6,9-11,13,19-21,24-25,34H,7-8,12,14-18H2,1-2H3,(H,35,42)(H,36,41)(H,37,43)/t24-,25-/m0/s1. The lowest BCUT2D eigenvalue weighted by molar-refractivity contribution is -0.122. The van der Waals surface area contributed by atoms with E-state index in [2.05, 4.69) is 44.7 Å². The molecule has 2 atom stereocenters. The molecule has 1 aliphatic rings. The van der Waals surface area contributed by atoms with E-state index in [-0.39, 0.29) is 53.4 Å². The van der Waals surface area contributed by atoms with Crippen LogP contribution in [0.5, 0.6) is 0 Å². The molecule has 4 aromatic rings. The molecule has 0 radical (unpaired) electrons. The van der Waals surface area contributed by atoms with Gasteiger partial charge in [-0.2, -0.15) is 0 Å². The van der Waals surface area contributed by atoms with Crippen molar-refractivity contribution in [3.63, 3.8) is 0 Å². The molecule has 3 aromatic heterocycles. The summed E-state index contributed by atoms with van der Waals surface area (Å²) in [5.41, 5.74) is 2.02. The van der Waals surface area contributed by atoms with Gasteiger partial charge in [-0.25, -0.2) is 9.97 Å². The predicted octanol–water partition coefficient (Wildman–Crippen LogP) is 4.90. The van der Waals surface area contributed by atoms with Crippen LogP contribution in [0.15, 0.2) is 59.4 Å². The van der Waals surface area contributed by atoms with Crippen LogP contribution >= 0.6 is 22.7 Å². The quantitative estimate of drug-likeness (QED) is 0.239. The lowest BCUT2D eigenvalue weighted by Crippen LogP contribution is -2.36. The fourth-order valence-corrected chi connectivity index (χ4v) is 7.00. The summed E-state index contributed by atoms with van der Waals surface area (Å²) in [7, 11) is 0. The van der Waals surface area contributed by atoms with Gasteiger partial charge in [-0.05, 0) is 49.3 Å². The van der Waals surface area contributed by atoms with Crippen LogP contribution in [0.2, 0.25) is 0 Å². The van der Waals surface area contributed by atoms with Gasteiger partial charge in [-0.3, -0.25) is 19.2 Å². The van der Waals surface area contributed by atoms with Crippen LogP contribution in [0.1, 0.15) is 98.7 Å². The third-order valence-corrected chi connectivity index (χ3v) is 9.49. The summed E-state index contributed by atoms with van der Waals surface area (Å²) in [6.45, 7) is 5.28. The van der Waals surface area contributed by atoms with Crippen molar-refractivity contribution in [2.24, 2.45) is 5.92 Å². The van der Waals surface area contributed by atoms with Gasteiger partial charge in [0.05, 0.1) is 12.1 Å². The minimum Gasteiger partial charge on any atom is -0.357 e. The number of hydrogen-bond acceptors (Lipinski definition) is 8. The third kappa shape index (κ3) is 8.88. The summed E-state index contributed by atoms with van der Waals surface area (Å²) in [4.78, 5) is 66.8. The Kier molecular flexibility index (Phi) is 11.3. The molecule has 4 amide bonds. The molecule has 242 valence electrons. The Morgan fingerprint density at radius 3 is 2.28 bits per heavy atom. The van der Waals surface area contributed by atoms with E-state index in [1.807, 2.05) is 30.3 Å². The SMILES string of the molecule is CC(C)C[C@@H]1NC(=O)CCCN(C(=O)c2ccc[nH]2)CCCNC(=O)c2csc(n2)[C@H](Cc2ccccc2)NC(=O)c2csc1n2. The molecular weight excluding hydrogens is 623 g/mol. The number of rotatable bonds is 5. The fourth-order valence-electron chi connectivity index (χ4n) is 5.29. The van der Waals surface area contributed by atoms with Crippen molar-refractivity contribution >= 4 is 46.3 Å². The molecule has 46 heavy (non-hydrogen) atoms. The topological polar surface area (TPSA) is 149 Å². The molecule has 4 N–H and O–H groups in total. The van der Waals surface area contributed by atoms with Crippen molar-refractivity contribution < 1.29 is 19.2 Å². The largest absolute Gasteiger partial charge is 0.357 e. The molecule has 0 spiro atoms. The lowest BCUT2D eigenvalue weighted by atomic mass is 10.0. The summed E-state index contributed by atoms with van der Waals surface area (Å²) in [6.07, 6.45) is 4.06. The van der Waals surface area contributed by atoms with Crippen molar-refractivity contribution in [2.45, 2.75) is 58.0 Å². The summed E-state index contributed by atoms with van der Waals surface area (Å²) >= 11 is 2.66. The number of nitrogens with one attached hydrogen (secondary N) is 4. The first-order valence-electron chi connectivity index (χ1n) is 15.5. The number of carbonyl (C=O) groups is 4. The average Bonchev–Trinajstić information content (AvgIpc) is 3.83. The normalized spacial score (nSPS) is 18.8. The molecular formula is C33H39N7O4S2. The van der Waals surface area contributed by atoms with Gasteiger partial charge < -0.3 is 25.8 Å². The van der Waals surface area contributed by atoms with E-state index in [4.69, 9.17) is 0 Å².